The van der Waals surface area contributed by atoms with Gasteiger partial charge in [-0.05, 0) is 50.6 Å². The topological polar surface area (TPSA) is 80.5 Å². The number of methoxy groups -OCH3 is 1. The smallest absolute Gasteiger partial charge is 0.227 e. The summed E-state index contributed by atoms with van der Waals surface area (Å²) in [6, 6.07) is 16.2. The second-order valence-electron chi connectivity index (χ2n) is 8.21. The number of aromatic nitrogens is 2. The Balaban J connectivity index is 1.32. The summed E-state index contributed by atoms with van der Waals surface area (Å²) in [5, 5.41) is 7.14. The van der Waals surface area contributed by atoms with Crippen LogP contribution in [0.4, 0.5) is 0 Å². The van der Waals surface area contributed by atoms with E-state index in [1.807, 2.05) is 43.3 Å². The highest BCUT2D eigenvalue weighted by Gasteiger charge is 2.24. The van der Waals surface area contributed by atoms with E-state index in [9.17, 15) is 4.79 Å². The minimum Gasteiger partial charge on any atom is -0.497 e. The zero-order valence-corrected chi connectivity index (χ0v) is 18.7. The fourth-order valence-electron chi connectivity index (χ4n) is 4.03. The van der Waals surface area contributed by atoms with Gasteiger partial charge in [0.25, 0.3) is 0 Å². The molecular weight excluding hydrogens is 404 g/mol. The van der Waals surface area contributed by atoms with Crippen molar-refractivity contribution in [1.29, 1.82) is 0 Å². The van der Waals surface area contributed by atoms with Crippen LogP contribution in [-0.2, 0) is 11.2 Å². The average molecular weight is 435 g/mol. The van der Waals surface area contributed by atoms with Crippen molar-refractivity contribution in [2.24, 2.45) is 0 Å². The lowest BCUT2D eigenvalue weighted by molar-refractivity contribution is -0.121. The van der Waals surface area contributed by atoms with Gasteiger partial charge in [-0.15, -0.1) is 0 Å². The maximum absolute atomic E-state index is 12.5. The number of ether oxygens (including phenoxy) is 1. The third kappa shape index (κ3) is 5.53. The lowest BCUT2D eigenvalue weighted by atomic mass is 10.1. The van der Waals surface area contributed by atoms with Crippen LogP contribution in [0.15, 0.2) is 53.1 Å². The van der Waals surface area contributed by atoms with E-state index in [0.29, 0.717) is 31.1 Å². The van der Waals surface area contributed by atoms with Crippen LogP contribution in [0.1, 0.15) is 42.3 Å². The van der Waals surface area contributed by atoms with Crippen molar-refractivity contribution in [2.75, 3.05) is 26.7 Å². The molecule has 1 atom stereocenters. The van der Waals surface area contributed by atoms with Gasteiger partial charge in [0.05, 0.1) is 13.2 Å². The number of aryl methyl sites for hydroxylation is 2. The Morgan fingerprint density at radius 1 is 1.12 bits per heavy atom. The second kappa shape index (κ2) is 10.4. The Bertz CT molecular complexity index is 1010. The number of hydrogen-bond donors (Lipinski definition) is 1. The van der Waals surface area contributed by atoms with Crippen molar-refractivity contribution in [2.45, 2.75) is 38.6 Å². The highest BCUT2D eigenvalue weighted by Crippen LogP contribution is 2.26. The minimum atomic E-state index is -0.0159. The van der Waals surface area contributed by atoms with Crippen molar-refractivity contribution in [3.05, 3.63) is 65.5 Å². The highest BCUT2D eigenvalue weighted by atomic mass is 16.5. The van der Waals surface area contributed by atoms with Gasteiger partial charge in [0.15, 0.2) is 0 Å². The van der Waals surface area contributed by atoms with Gasteiger partial charge in [-0.3, -0.25) is 9.69 Å². The number of hydrogen-bond acceptors (Lipinski definition) is 6. The van der Waals surface area contributed by atoms with E-state index in [1.165, 1.54) is 24.0 Å². The molecule has 2 heterocycles. The quantitative estimate of drug-likeness (QED) is 0.549. The number of rotatable bonds is 9. The fourth-order valence-corrected chi connectivity index (χ4v) is 4.03. The van der Waals surface area contributed by atoms with Crippen molar-refractivity contribution >= 4 is 5.91 Å². The van der Waals surface area contributed by atoms with Crippen LogP contribution < -0.4 is 10.1 Å². The van der Waals surface area contributed by atoms with Crippen LogP contribution in [0, 0.1) is 6.92 Å². The third-order valence-corrected chi connectivity index (χ3v) is 5.92. The Morgan fingerprint density at radius 3 is 2.53 bits per heavy atom. The number of likely N-dealkylation sites (tertiary alicyclic amines) is 1. The first-order valence-electron chi connectivity index (χ1n) is 11.2. The van der Waals surface area contributed by atoms with Crippen LogP contribution in [-0.4, -0.2) is 47.7 Å². The Labute approximate surface area is 188 Å². The molecule has 1 aliphatic heterocycles. The summed E-state index contributed by atoms with van der Waals surface area (Å²) in [4.78, 5) is 19.4. The molecule has 7 heteroatoms. The average Bonchev–Trinajstić information content (AvgIpc) is 3.51. The molecule has 0 bridgehead atoms. The maximum Gasteiger partial charge on any atom is 0.227 e. The van der Waals surface area contributed by atoms with E-state index in [4.69, 9.17) is 9.26 Å². The minimum absolute atomic E-state index is 0.0159. The molecule has 32 heavy (non-hydrogen) atoms. The van der Waals surface area contributed by atoms with Gasteiger partial charge in [0, 0.05) is 24.9 Å². The van der Waals surface area contributed by atoms with Crippen molar-refractivity contribution in [3.63, 3.8) is 0 Å². The molecule has 0 spiro atoms. The van der Waals surface area contributed by atoms with Gasteiger partial charge >= 0.3 is 0 Å². The molecule has 7 nitrogen and oxygen atoms in total. The van der Waals surface area contributed by atoms with Gasteiger partial charge in [-0.1, -0.05) is 47.1 Å². The van der Waals surface area contributed by atoms with E-state index in [1.54, 1.807) is 7.11 Å². The van der Waals surface area contributed by atoms with Crippen molar-refractivity contribution in [1.82, 2.24) is 20.4 Å². The number of carbonyl (C=O) groups excluding carboxylic acids is 1. The standard InChI is InChI=1S/C25H30N4O3/c1-18-5-7-20(8-6-18)25-27-24(32-28-25)14-13-23(30)26-17-22(29-15-3-4-16-29)19-9-11-21(31-2)12-10-19/h5-12,22H,3-4,13-17H2,1-2H3,(H,26,30)/t22-/m1/s1. The summed E-state index contributed by atoms with van der Waals surface area (Å²) in [6.07, 6.45) is 3.12. The van der Waals surface area contributed by atoms with E-state index in [2.05, 4.69) is 32.5 Å². The number of benzene rings is 2. The lowest BCUT2D eigenvalue weighted by Crippen LogP contribution is -2.36. The largest absolute Gasteiger partial charge is 0.497 e. The first-order chi connectivity index (χ1) is 15.6. The van der Waals surface area contributed by atoms with Crippen LogP contribution in [0.2, 0.25) is 0 Å². The van der Waals surface area contributed by atoms with Gasteiger partial charge < -0.3 is 14.6 Å². The van der Waals surface area contributed by atoms with Gasteiger partial charge in [-0.25, -0.2) is 0 Å². The van der Waals surface area contributed by atoms with E-state index < -0.39 is 0 Å². The number of carbonyl (C=O) groups is 1. The molecule has 2 aromatic carbocycles. The molecule has 0 aliphatic carbocycles. The zero-order chi connectivity index (χ0) is 22.3. The Kier molecular flexibility index (Phi) is 7.17. The molecule has 4 rings (SSSR count). The SMILES string of the molecule is COc1ccc([C@@H](CNC(=O)CCc2nc(-c3ccc(C)cc3)no2)N2CCCC2)cc1. The second-order valence-corrected chi connectivity index (χ2v) is 8.21. The fraction of sp³-hybridized carbons (Fsp3) is 0.400. The summed E-state index contributed by atoms with van der Waals surface area (Å²) in [5.74, 6) is 1.84. The van der Waals surface area contributed by atoms with E-state index >= 15 is 0 Å². The van der Waals surface area contributed by atoms with Crippen LogP contribution >= 0.6 is 0 Å². The molecule has 1 amide bonds. The molecule has 1 aliphatic rings. The van der Waals surface area contributed by atoms with Gasteiger partial charge in [0.2, 0.25) is 17.6 Å². The van der Waals surface area contributed by atoms with E-state index in [0.717, 1.165) is 24.4 Å². The molecular formula is C25H30N4O3. The number of nitrogens with one attached hydrogen (secondary N) is 1. The molecule has 168 valence electrons. The molecule has 1 aromatic heterocycles. The zero-order valence-electron chi connectivity index (χ0n) is 18.7. The van der Waals surface area contributed by atoms with Gasteiger partial charge in [0.1, 0.15) is 5.75 Å². The molecule has 0 saturated carbocycles. The van der Waals surface area contributed by atoms with Crippen LogP contribution in [0.5, 0.6) is 5.75 Å². The lowest BCUT2D eigenvalue weighted by Gasteiger charge is -2.28. The summed E-state index contributed by atoms with van der Waals surface area (Å²) < 4.78 is 10.6. The van der Waals surface area contributed by atoms with E-state index in [-0.39, 0.29) is 11.9 Å². The first kappa shape index (κ1) is 22.0. The third-order valence-electron chi connectivity index (χ3n) is 5.92. The Morgan fingerprint density at radius 2 is 1.84 bits per heavy atom. The molecule has 1 fully saturated rings. The summed E-state index contributed by atoms with van der Waals surface area (Å²) >= 11 is 0. The molecule has 1 saturated heterocycles. The van der Waals surface area contributed by atoms with Crippen molar-refractivity contribution in [3.8, 4) is 17.1 Å². The predicted octanol–water partition coefficient (Wildman–Crippen LogP) is 3.94. The maximum atomic E-state index is 12.5. The molecule has 3 aromatic rings. The number of nitrogens with zero attached hydrogens (tertiary/aromatic N) is 3. The normalized spacial score (nSPS) is 14.9. The predicted molar refractivity (Wildman–Crippen MR) is 122 cm³/mol. The molecule has 0 radical (unpaired) electrons. The summed E-state index contributed by atoms with van der Waals surface area (Å²) in [5.41, 5.74) is 3.27. The molecule has 1 N–H and O–H groups in total. The van der Waals surface area contributed by atoms with Crippen molar-refractivity contribution < 1.29 is 14.1 Å². The Hall–Kier alpha value is -3.19. The highest BCUT2D eigenvalue weighted by molar-refractivity contribution is 5.76. The molecule has 0 unspecified atom stereocenters. The van der Waals surface area contributed by atoms with Crippen LogP contribution in [0.3, 0.4) is 0 Å². The number of amides is 1. The van der Waals surface area contributed by atoms with Gasteiger partial charge in [-0.2, -0.15) is 4.98 Å². The summed E-state index contributed by atoms with van der Waals surface area (Å²) in [6.45, 7) is 4.71. The first-order valence-corrected chi connectivity index (χ1v) is 11.2. The van der Waals surface area contributed by atoms with Crippen LogP contribution in [0.25, 0.3) is 11.4 Å². The monoisotopic (exact) mass is 434 g/mol. The summed E-state index contributed by atoms with van der Waals surface area (Å²) in [7, 11) is 1.67.